The highest BCUT2D eigenvalue weighted by Gasteiger charge is 2.08. The Bertz CT molecular complexity index is 451. The summed E-state index contributed by atoms with van der Waals surface area (Å²) in [5.41, 5.74) is 2.16. The summed E-state index contributed by atoms with van der Waals surface area (Å²) in [6.07, 6.45) is 2.60. The maximum Gasteiger partial charge on any atom is 0.150 e. The first-order valence-corrected chi connectivity index (χ1v) is 7.68. The standard InChI is InChI=1S/C11H21N3O2S/c1-4-17(15,16)7-5-6-14-9-11(8-12-3)10(2)13-14/h9,12H,4-8H2,1-3H3. The van der Waals surface area contributed by atoms with Gasteiger partial charge in [0.05, 0.1) is 11.4 Å². The highest BCUT2D eigenvalue weighted by Crippen LogP contribution is 2.06. The Morgan fingerprint density at radius 1 is 1.47 bits per heavy atom. The van der Waals surface area contributed by atoms with Crippen molar-refractivity contribution in [3.63, 3.8) is 0 Å². The third kappa shape index (κ3) is 4.47. The topological polar surface area (TPSA) is 64.0 Å². The van der Waals surface area contributed by atoms with Crippen LogP contribution in [0.2, 0.25) is 0 Å². The molecule has 0 aliphatic carbocycles. The molecule has 98 valence electrons. The summed E-state index contributed by atoms with van der Waals surface area (Å²) < 4.78 is 24.5. The van der Waals surface area contributed by atoms with Crippen molar-refractivity contribution < 1.29 is 8.42 Å². The number of aryl methyl sites for hydroxylation is 2. The van der Waals surface area contributed by atoms with Gasteiger partial charge in [0.15, 0.2) is 0 Å². The highest BCUT2D eigenvalue weighted by atomic mass is 32.2. The zero-order chi connectivity index (χ0) is 12.9. The average molecular weight is 259 g/mol. The molecular formula is C11H21N3O2S. The van der Waals surface area contributed by atoms with Gasteiger partial charge in [-0.25, -0.2) is 8.42 Å². The Kier molecular flexibility index (Phi) is 5.14. The van der Waals surface area contributed by atoms with Crippen LogP contribution in [0.25, 0.3) is 0 Å². The number of hydrogen-bond donors (Lipinski definition) is 1. The van der Waals surface area contributed by atoms with Crippen LogP contribution < -0.4 is 5.32 Å². The molecule has 0 aliphatic heterocycles. The largest absolute Gasteiger partial charge is 0.316 e. The van der Waals surface area contributed by atoms with E-state index in [9.17, 15) is 8.42 Å². The molecule has 0 saturated heterocycles. The zero-order valence-electron chi connectivity index (χ0n) is 10.7. The highest BCUT2D eigenvalue weighted by molar-refractivity contribution is 7.91. The van der Waals surface area contributed by atoms with E-state index in [4.69, 9.17) is 0 Å². The Balaban J connectivity index is 2.50. The second-order valence-corrected chi connectivity index (χ2v) is 6.60. The first-order valence-electron chi connectivity index (χ1n) is 5.86. The second-order valence-electron chi connectivity index (χ2n) is 4.12. The van der Waals surface area contributed by atoms with Crippen molar-refractivity contribution in [2.45, 2.75) is 33.4 Å². The molecule has 1 aromatic heterocycles. The van der Waals surface area contributed by atoms with Gasteiger partial charge in [-0.2, -0.15) is 5.10 Å². The van der Waals surface area contributed by atoms with Crippen molar-refractivity contribution in [3.05, 3.63) is 17.5 Å². The molecule has 5 nitrogen and oxygen atoms in total. The summed E-state index contributed by atoms with van der Waals surface area (Å²) >= 11 is 0. The minimum Gasteiger partial charge on any atom is -0.316 e. The normalized spacial score (nSPS) is 11.9. The number of nitrogens with one attached hydrogen (secondary N) is 1. The molecule has 0 aromatic carbocycles. The van der Waals surface area contributed by atoms with Crippen LogP contribution in [0.5, 0.6) is 0 Å². The van der Waals surface area contributed by atoms with Crippen LogP contribution >= 0.6 is 0 Å². The van der Waals surface area contributed by atoms with Crippen LogP contribution in [0.15, 0.2) is 6.20 Å². The fourth-order valence-corrected chi connectivity index (χ4v) is 2.49. The summed E-state index contributed by atoms with van der Waals surface area (Å²) in [5.74, 6) is 0.458. The molecule has 0 bridgehead atoms. The Morgan fingerprint density at radius 3 is 2.76 bits per heavy atom. The van der Waals surface area contributed by atoms with Gasteiger partial charge in [0, 0.05) is 30.6 Å². The summed E-state index contributed by atoms with van der Waals surface area (Å²) in [4.78, 5) is 0. The first-order chi connectivity index (χ1) is 7.98. The monoisotopic (exact) mass is 259 g/mol. The van der Waals surface area contributed by atoms with Gasteiger partial charge in [-0.1, -0.05) is 6.92 Å². The van der Waals surface area contributed by atoms with E-state index in [2.05, 4.69) is 10.4 Å². The van der Waals surface area contributed by atoms with E-state index in [1.54, 1.807) is 6.92 Å². The van der Waals surface area contributed by atoms with Crippen LogP contribution in [-0.4, -0.2) is 36.8 Å². The molecule has 1 heterocycles. The maximum absolute atomic E-state index is 11.3. The lowest BCUT2D eigenvalue weighted by atomic mass is 10.3. The van der Waals surface area contributed by atoms with Crippen molar-refractivity contribution in [1.82, 2.24) is 15.1 Å². The van der Waals surface area contributed by atoms with Gasteiger partial charge < -0.3 is 5.32 Å². The number of nitrogens with zero attached hydrogens (tertiary/aromatic N) is 2. The van der Waals surface area contributed by atoms with Gasteiger partial charge in [0.25, 0.3) is 0 Å². The Hall–Kier alpha value is -0.880. The first kappa shape index (κ1) is 14.2. The van der Waals surface area contributed by atoms with Gasteiger partial charge in [-0.15, -0.1) is 0 Å². The number of aromatic nitrogens is 2. The van der Waals surface area contributed by atoms with Gasteiger partial charge in [0.2, 0.25) is 0 Å². The van der Waals surface area contributed by atoms with Crippen LogP contribution in [0.1, 0.15) is 24.6 Å². The zero-order valence-corrected chi connectivity index (χ0v) is 11.5. The van der Waals surface area contributed by atoms with Crippen molar-refractivity contribution in [2.24, 2.45) is 0 Å². The molecular weight excluding hydrogens is 238 g/mol. The predicted octanol–water partition coefficient (Wildman–Crippen LogP) is 0.736. The van der Waals surface area contributed by atoms with Crippen molar-refractivity contribution >= 4 is 9.84 Å². The van der Waals surface area contributed by atoms with E-state index in [1.165, 1.54) is 0 Å². The minimum absolute atomic E-state index is 0.218. The Morgan fingerprint density at radius 2 is 2.18 bits per heavy atom. The van der Waals surface area contributed by atoms with E-state index in [0.717, 1.165) is 17.8 Å². The fraction of sp³-hybridized carbons (Fsp3) is 0.727. The molecule has 0 radical (unpaired) electrons. The van der Waals surface area contributed by atoms with Crippen molar-refractivity contribution in [3.8, 4) is 0 Å². The lowest BCUT2D eigenvalue weighted by Gasteiger charge is -2.01. The minimum atomic E-state index is -2.86. The predicted molar refractivity (Wildman–Crippen MR) is 68.7 cm³/mol. The summed E-state index contributed by atoms with van der Waals surface area (Å²) in [5, 5.41) is 7.43. The van der Waals surface area contributed by atoms with E-state index >= 15 is 0 Å². The number of rotatable bonds is 7. The molecule has 0 fully saturated rings. The Labute approximate surface area is 103 Å². The summed E-state index contributed by atoms with van der Waals surface area (Å²) in [6.45, 7) is 5.09. The van der Waals surface area contributed by atoms with Crippen LogP contribution in [-0.2, 0) is 22.9 Å². The summed E-state index contributed by atoms with van der Waals surface area (Å²) in [7, 11) is -0.963. The second kappa shape index (κ2) is 6.16. The molecule has 0 amide bonds. The third-order valence-electron chi connectivity index (χ3n) is 2.70. The quantitative estimate of drug-likeness (QED) is 0.784. The smallest absolute Gasteiger partial charge is 0.150 e. The van der Waals surface area contributed by atoms with Crippen LogP contribution in [0.4, 0.5) is 0 Å². The third-order valence-corrected chi connectivity index (χ3v) is 4.49. The van der Waals surface area contributed by atoms with E-state index in [1.807, 2.05) is 24.9 Å². The van der Waals surface area contributed by atoms with Gasteiger partial charge in [-0.05, 0) is 20.4 Å². The molecule has 1 aromatic rings. The van der Waals surface area contributed by atoms with E-state index < -0.39 is 9.84 Å². The molecule has 6 heteroatoms. The molecule has 0 unspecified atom stereocenters. The van der Waals surface area contributed by atoms with E-state index in [-0.39, 0.29) is 11.5 Å². The molecule has 0 atom stereocenters. The molecule has 1 rings (SSSR count). The number of sulfone groups is 1. The molecule has 1 N–H and O–H groups in total. The molecule has 17 heavy (non-hydrogen) atoms. The van der Waals surface area contributed by atoms with Crippen molar-refractivity contribution in [1.29, 1.82) is 0 Å². The van der Waals surface area contributed by atoms with Gasteiger partial charge in [-0.3, -0.25) is 4.68 Å². The number of hydrogen-bond acceptors (Lipinski definition) is 4. The van der Waals surface area contributed by atoms with Crippen molar-refractivity contribution in [2.75, 3.05) is 18.6 Å². The summed E-state index contributed by atoms with van der Waals surface area (Å²) in [6, 6.07) is 0. The maximum atomic E-state index is 11.3. The molecule has 0 spiro atoms. The lowest BCUT2D eigenvalue weighted by molar-refractivity contribution is 0.571. The average Bonchev–Trinajstić information content (AvgIpc) is 2.60. The van der Waals surface area contributed by atoms with Gasteiger partial charge >= 0.3 is 0 Å². The lowest BCUT2D eigenvalue weighted by Crippen LogP contribution is -2.11. The van der Waals surface area contributed by atoms with E-state index in [0.29, 0.717) is 13.0 Å². The van der Waals surface area contributed by atoms with Gasteiger partial charge in [0.1, 0.15) is 9.84 Å². The fourth-order valence-electron chi connectivity index (χ4n) is 1.63. The molecule has 0 saturated carbocycles. The SMILES string of the molecule is CCS(=O)(=O)CCCn1cc(CNC)c(C)n1. The van der Waals surface area contributed by atoms with Crippen LogP contribution in [0, 0.1) is 6.92 Å². The molecule has 0 aliphatic rings. The van der Waals surface area contributed by atoms with Crippen LogP contribution in [0.3, 0.4) is 0 Å².